The number of anilines is 1. The van der Waals surface area contributed by atoms with Crippen LogP contribution in [0.25, 0.3) is 0 Å². The van der Waals surface area contributed by atoms with Crippen molar-refractivity contribution in [2.45, 2.75) is 19.8 Å². The first kappa shape index (κ1) is 14.3. The summed E-state index contributed by atoms with van der Waals surface area (Å²) in [7, 11) is 0. The molecule has 2 aliphatic rings. The standard InChI is InChI=1S/C16H24N4O/c1-2-18-7-9-20(10-8-18)16(21)14-11-15(13-17-12-14)19-5-3-4-6-19/h11-13H,2-10H2,1H3. The number of piperazine rings is 1. The van der Waals surface area contributed by atoms with Gasteiger partial charge in [0.25, 0.3) is 5.91 Å². The van der Waals surface area contributed by atoms with Crippen molar-refractivity contribution in [3.05, 3.63) is 24.0 Å². The summed E-state index contributed by atoms with van der Waals surface area (Å²) in [6.07, 6.45) is 6.04. The molecule has 2 fully saturated rings. The van der Waals surface area contributed by atoms with Crippen LogP contribution in [0, 0.1) is 0 Å². The van der Waals surface area contributed by atoms with Gasteiger partial charge in [-0.25, -0.2) is 0 Å². The van der Waals surface area contributed by atoms with Crippen LogP contribution < -0.4 is 4.90 Å². The van der Waals surface area contributed by atoms with Crippen molar-refractivity contribution < 1.29 is 4.79 Å². The van der Waals surface area contributed by atoms with Crippen molar-refractivity contribution in [2.75, 3.05) is 50.7 Å². The van der Waals surface area contributed by atoms with E-state index >= 15 is 0 Å². The van der Waals surface area contributed by atoms with E-state index in [9.17, 15) is 4.79 Å². The molecular formula is C16H24N4O. The predicted octanol–water partition coefficient (Wildman–Crippen LogP) is 1.46. The second-order valence-electron chi connectivity index (χ2n) is 5.85. The molecule has 0 aromatic carbocycles. The Labute approximate surface area is 126 Å². The van der Waals surface area contributed by atoms with Gasteiger partial charge in [0.1, 0.15) is 0 Å². The van der Waals surface area contributed by atoms with Gasteiger partial charge >= 0.3 is 0 Å². The zero-order valence-corrected chi connectivity index (χ0v) is 12.8. The zero-order valence-electron chi connectivity index (χ0n) is 12.8. The van der Waals surface area contributed by atoms with Gasteiger partial charge in [0.05, 0.1) is 17.4 Å². The Morgan fingerprint density at radius 3 is 2.48 bits per heavy atom. The van der Waals surface area contributed by atoms with Crippen molar-refractivity contribution in [2.24, 2.45) is 0 Å². The van der Waals surface area contributed by atoms with E-state index in [1.54, 1.807) is 6.20 Å². The fraction of sp³-hybridized carbons (Fsp3) is 0.625. The summed E-state index contributed by atoms with van der Waals surface area (Å²) < 4.78 is 0. The normalized spacial score (nSPS) is 20.0. The Balaban J connectivity index is 1.68. The number of pyridine rings is 1. The molecule has 3 heterocycles. The molecule has 0 atom stereocenters. The summed E-state index contributed by atoms with van der Waals surface area (Å²) >= 11 is 0. The maximum Gasteiger partial charge on any atom is 0.255 e. The third-order valence-electron chi connectivity index (χ3n) is 4.55. The third-order valence-corrected chi connectivity index (χ3v) is 4.55. The van der Waals surface area contributed by atoms with Crippen molar-refractivity contribution in [1.82, 2.24) is 14.8 Å². The van der Waals surface area contributed by atoms with Gasteiger partial charge < -0.3 is 14.7 Å². The molecule has 0 spiro atoms. The molecule has 1 amide bonds. The van der Waals surface area contributed by atoms with Crippen LogP contribution in [0.15, 0.2) is 18.5 Å². The first-order chi connectivity index (χ1) is 10.3. The molecule has 0 bridgehead atoms. The highest BCUT2D eigenvalue weighted by molar-refractivity contribution is 5.94. The van der Waals surface area contributed by atoms with Gasteiger partial charge in [0.15, 0.2) is 0 Å². The molecule has 0 unspecified atom stereocenters. The fourth-order valence-electron chi connectivity index (χ4n) is 3.14. The predicted molar refractivity (Wildman–Crippen MR) is 83.7 cm³/mol. The minimum absolute atomic E-state index is 0.124. The first-order valence-corrected chi connectivity index (χ1v) is 7.99. The SMILES string of the molecule is CCN1CCN(C(=O)c2cncc(N3CCCC3)c2)CC1. The van der Waals surface area contributed by atoms with Crippen LogP contribution in [-0.4, -0.2) is 66.5 Å². The highest BCUT2D eigenvalue weighted by Crippen LogP contribution is 2.21. The van der Waals surface area contributed by atoms with Gasteiger partial charge in [-0.15, -0.1) is 0 Å². The lowest BCUT2D eigenvalue weighted by atomic mass is 10.2. The van der Waals surface area contributed by atoms with Crippen LogP contribution in [0.4, 0.5) is 5.69 Å². The smallest absolute Gasteiger partial charge is 0.255 e. The molecule has 114 valence electrons. The molecule has 0 aliphatic carbocycles. The van der Waals surface area contributed by atoms with Gasteiger partial charge in [-0.3, -0.25) is 9.78 Å². The minimum atomic E-state index is 0.124. The van der Waals surface area contributed by atoms with E-state index in [0.717, 1.165) is 57.1 Å². The number of carbonyl (C=O) groups excluding carboxylic acids is 1. The monoisotopic (exact) mass is 288 g/mol. The van der Waals surface area contributed by atoms with Crippen LogP contribution in [0.1, 0.15) is 30.1 Å². The summed E-state index contributed by atoms with van der Waals surface area (Å²) in [4.78, 5) is 23.5. The number of carbonyl (C=O) groups is 1. The summed E-state index contributed by atoms with van der Waals surface area (Å²) in [5, 5.41) is 0. The Morgan fingerprint density at radius 1 is 1.10 bits per heavy atom. The topological polar surface area (TPSA) is 39.7 Å². The van der Waals surface area contributed by atoms with Crippen LogP contribution in [0.2, 0.25) is 0 Å². The Morgan fingerprint density at radius 2 is 1.81 bits per heavy atom. The highest BCUT2D eigenvalue weighted by Gasteiger charge is 2.22. The molecule has 0 N–H and O–H groups in total. The molecule has 2 saturated heterocycles. The lowest BCUT2D eigenvalue weighted by molar-refractivity contribution is 0.0643. The summed E-state index contributed by atoms with van der Waals surface area (Å²) in [6.45, 7) is 8.97. The van der Waals surface area contributed by atoms with Crippen molar-refractivity contribution >= 4 is 11.6 Å². The number of amides is 1. The van der Waals surface area contributed by atoms with E-state index in [1.807, 2.05) is 17.2 Å². The Hall–Kier alpha value is -1.62. The molecule has 5 nitrogen and oxygen atoms in total. The lowest BCUT2D eigenvalue weighted by Crippen LogP contribution is -2.48. The van der Waals surface area contributed by atoms with Crippen molar-refractivity contribution in [1.29, 1.82) is 0 Å². The largest absolute Gasteiger partial charge is 0.370 e. The lowest BCUT2D eigenvalue weighted by Gasteiger charge is -2.34. The van der Waals surface area contributed by atoms with E-state index in [2.05, 4.69) is 21.7 Å². The number of likely N-dealkylation sites (N-methyl/N-ethyl adjacent to an activating group) is 1. The van der Waals surface area contributed by atoms with E-state index in [1.165, 1.54) is 12.8 Å². The van der Waals surface area contributed by atoms with Crippen molar-refractivity contribution in [3.63, 3.8) is 0 Å². The first-order valence-electron chi connectivity index (χ1n) is 7.99. The molecular weight excluding hydrogens is 264 g/mol. The molecule has 3 rings (SSSR count). The third kappa shape index (κ3) is 3.18. The minimum Gasteiger partial charge on any atom is -0.370 e. The number of rotatable bonds is 3. The molecule has 5 heteroatoms. The van der Waals surface area contributed by atoms with E-state index in [-0.39, 0.29) is 5.91 Å². The summed E-state index contributed by atoms with van der Waals surface area (Å²) in [5.74, 6) is 0.124. The molecule has 1 aromatic heterocycles. The van der Waals surface area contributed by atoms with Gasteiger partial charge in [-0.05, 0) is 25.5 Å². The molecule has 1 aromatic rings. The summed E-state index contributed by atoms with van der Waals surface area (Å²) in [6, 6.07) is 2.01. The number of hydrogen-bond acceptors (Lipinski definition) is 4. The quantitative estimate of drug-likeness (QED) is 0.844. The number of nitrogens with zero attached hydrogens (tertiary/aromatic N) is 4. The van der Waals surface area contributed by atoms with E-state index in [4.69, 9.17) is 0 Å². The maximum atomic E-state index is 12.6. The Kier molecular flexibility index (Phi) is 4.39. The second kappa shape index (κ2) is 6.43. The molecule has 21 heavy (non-hydrogen) atoms. The van der Waals surface area contributed by atoms with Crippen molar-refractivity contribution in [3.8, 4) is 0 Å². The van der Waals surface area contributed by atoms with Crippen LogP contribution in [-0.2, 0) is 0 Å². The second-order valence-corrected chi connectivity index (χ2v) is 5.85. The highest BCUT2D eigenvalue weighted by atomic mass is 16.2. The Bertz CT molecular complexity index is 491. The van der Waals surface area contributed by atoms with Crippen LogP contribution in [0.3, 0.4) is 0 Å². The maximum absolute atomic E-state index is 12.6. The van der Waals surface area contributed by atoms with E-state index < -0.39 is 0 Å². The summed E-state index contributed by atoms with van der Waals surface area (Å²) in [5.41, 5.74) is 1.81. The number of aromatic nitrogens is 1. The molecule has 0 radical (unpaired) electrons. The van der Waals surface area contributed by atoms with Gasteiger partial charge in [-0.2, -0.15) is 0 Å². The van der Waals surface area contributed by atoms with Crippen LogP contribution in [0.5, 0.6) is 0 Å². The van der Waals surface area contributed by atoms with Gasteiger partial charge in [0, 0.05) is 45.5 Å². The molecule has 2 aliphatic heterocycles. The van der Waals surface area contributed by atoms with E-state index in [0.29, 0.717) is 0 Å². The fourth-order valence-corrected chi connectivity index (χ4v) is 3.14. The van der Waals surface area contributed by atoms with Gasteiger partial charge in [-0.1, -0.05) is 6.92 Å². The molecule has 0 saturated carbocycles. The van der Waals surface area contributed by atoms with Crippen LogP contribution >= 0.6 is 0 Å². The zero-order chi connectivity index (χ0) is 14.7. The number of hydrogen-bond donors (Lipinski definition) is 0. The average molecular weight is 288 g/mol. The average Bonchev–Trinajstić information content (AvgIpc) is 3.09. The van der Waals surface area contributed by atoms with Gasteiger partial charge in [0.2, 0.25) is 0 Å².